The van der Waals surface area contributed by atoms with E-state index in [4.69, 9.17) is 4.74 Å². The standard InChI is InChI=1S/C24H18N4O2/c25-14-19-7-4-5-8-20(19)17-30-23-12-6-9-18(13-23)24(29)27-21-15-26-28(16-21)22-10-2-1-3-11-22/h1-13,15-16H,17H2,(H,27,29). The molecule has 0 bridgehead atoms. The SMILES string of the molecule is N#Cc1ccccc1COc1cccc(C(=O)Nc2cnn(-c3ccccc3)c2)c1. The van der Waals surface area contributed by atoms with Gasteiger partial charge >= 0.3 is 0 Å². The van der Waals surface area contributed by atoms with Gasteiger partial charge in [0, 0.05) is 11.1 Å². The molecule has 4 rings (SSSR count). The number of ether oxygens (including phenoxy) is 1. The molecule has 0 saturated carbocycles. The maximum atomic E-state index is 12.6. The molecular formula is C24H18N4O2. The van der Waals surface area contributed by atoms with Crippen molar-refractivity contribution in [3.63, 3.8) is 0 Å². The van der Waals surface area contributed by atoms with Crippen molar-refractivity contribution in [2.75, 3.05) is 5.32 Å². The number of anilines is 1. The topological polar surface area (TPSA) is 79.9 Å². The van der Waals surface area contributed by atoms with E-state index in [0.717, 1.165) is 11.3 Å². The van der Waals surface area contributed by atoms with Gasteiger partial charge in [-0.05, 0) is 36.4 Å². The summed E-state index contributed by atoms with van der Waals surface area (Å²) in [7, 11) is 0. The highest BCUT2D eigenvalue weighted by Crippen LogP contribution is 2.18. The Morgan fingerprint density at radius 3 is 2.67 bits per heavy atom. The molecule has 0 aliphatic carbocycles. The summed E-state index contributed by atoms with van der Waals surface area (Å²) in [6.45, 7) is 0.249. The van der Waals surface area contributed by atoms with Gasteiger partial charge in [0.05, 0.1) is 35.4 Å². The van der Waals surface area contributed by atoms with Crippen LogP contribution in [0.5, 0.6) is 5.75 Å². The number of aromatic nitrogens is 2. The van der Waals surface area contributed by atoms with E-state index in [-0.39, 0.29) is 12.5 Å². The van der Waals surface area contributed by atoms with Crippen LogP contribution < -0.4 is 10.1 Å². The second-order valence-corrected chi connectivity index (χ2v) is 6.55. The van der Waals surface area contributed by atoms with Crippen molar-refractivity contribution in [2.45, 2.75) is 6.61 Å². The molecule has 0 atom stereocenters. The molecule has 0 aliphatic rings. The van der Waals surface area contributed by atoms with E-state index in [1.54, 1.807) is 47.4 Å². The van der Waals surface area contributed by atoms with Crippen LogP contribution in [-0.4, -0.2) is 15.7 Å². The van der Waals surface area contributed by atoms with E-state index in [1.165, 1.54) is 0 Å². The Morgan fingerprint density at radius 2 is 1.83 bits per heavy atom. The summed E-state index contributed by atoms with van der Waals surface area (Å²) in [4.78, 5) is 12.6. The number of para-hydroxylation sites is 1. The third-order valence-corrected chi connectivity index (χ3v) is 4.49. The van der Waals surface area contributed by atoms with E-state index in [2.05, 4.69) is 16.5 Å². The van der Waals surface area contributed by atoms with Crippen molar-refractivity contribution in [1.29, 1.82) is 5.26 Å². The Kier molecular flexibility index (Phi) is 5.54. The number of nitrogens with zero attached hydrogens (tertiary/aromatic N) is 3. The molecule has 1 amide bonds. The van der Waals surface area contributed by atoms with Gasteiger partial charge in [0.1, 0.15) is 12.4 Å². The highest BCUT2D eigenvalue weighted by atomic mass is 16.5. The quantitative estimate of drug-likeness (QED) is 0.519. The van der Waals surface area contributed by atoms with Crippen molar-refractivity contribution in [3.05, 3.63) is 108 Å². The third-order valence-electron chi connectivity index (χ3n) is 4.49. The first-order valence-corrected chi connectivity index (χ1v) is 9.35. The Morgan fingerprint density at radius 1 is 1.03 bits per heavy atom. The van der Waals surface area contributed by atoms with E-state index in [9.17, 15) is 10.1 Å². The molecular weight excluding hydrogens is 376 g/mol. The number of amides is 1. The molecule has 0 saturated heterocycles. The van der Waals surface area contributed by atoms with Gasteiger partial charge < -0.3 is 10.1 Å². The molecule has 0 aliphatic heterocycles. The summed E-state index contributed by atoms with van der Waals surface area (Å²) in [6.07, 6.45) is 3.36. The van der Waals surface area contributed by atoms with E-state index in [1.807, 2.05) is 48.5 Å². The second kappa shape index (κ2) is 8.76. The van der Waals surface area contributed by atoms with Crippen molar-refractivity contribution in [1.82, 2.24) is 9.78 Å². The molecule has 1 heterocycles. The van der Waals surface area contributed by atoms with Crippen LogP contribution in [0, 0.1) is 11.3 Å². The normalized spacial score (nSPS) is 10.2. The van der Waals surface area contributed by atoms with Crippen molar-refractivity contribution in [2.24, 2.45) is 0 Å². The molecule has 0 fully saturated rings. The zero-order chi connectivity index (χ0) is 20.8. The van der Waals surface area contributed by atoms with Crippen LogP contribution in [0.15, 0.2) is 91.3 Å². The number of nitriles is 1. The molecule has 4 aromatic rings. The Labute approximate surface area is 174 Å². The van der Waals surface area contributed by atoms with Crippen LogP contribution in [0.1, 0.15) is 21.5 Å². The first-order chi connectivity index (χ1) is 14.7. The van der Waals surface area contributed by atoms with E-state index in [0.29, 0.717) is 22.6 Å². The molecule has 1 aromatic heterocycles. The number of nitrogens with one attached hydrogen (secondary N) is 1. The average Bonchev–Trinajstić information content (AvgIpc) is 3.27. The maximum absolute atomic E-state index is 12.6. The highest BCUT2D eigenvalue weighted by Gasteiger charge is 2.10. The molecule has 3 aromatic carbocycles. The Bertz CT molecular complexity index is 1210. The minimum Gasteiger partial charge on any atom is -0.489 e. The summed E-state index contributed by atoms with van der Waals surface area (Å²) in [6, 6.07) is 26.0. The largest absolute Gasteiger partial charge is 0.489 e. The number of hydrogen-bond acceptors (Lipinski definition) is 4. The van der Waals surface area contributed by atoms with Gasteiger partial charge in [-0.25, -0.2) is 4.68 Å². The first kappa shape index (κ1) is 19.0. The number of carbonyl (C=O) groups is 1. The lowest BCUT2D eigenvalue weighted by Gasteiger charge is -2.09. The molecule has 30 heavy (non-hydrogen) atoms. The van der Waals surface area contributed by atoms with Crippen LogP contribution in [0.4, 0.5) is 5.69 Å². The summed E-state index contributed by atoms with van der Waals surface area (Å²) >= 11 is 0. The molecule has 0 spiro atoms. The molecule has 6 heteroatoms. The van der Waals surface area contributed by atoms with Gasteiger partial charge in [-0.1, -0.05) is 42.5 Å². The van der Waals surface area contributed by atoms with Gasteiger partial charge in [-0.15, -0.1) is 0 Å². The fourth-order valence-electron chi connectivity index (χ4n) is 2.96. The van der Waals surface area contributed by atoms with Gasteiger partial charge in [0.15, 0.2) is 0 Å². The zero-order valence-corrected chi connectivity index (χ0v) is 16.0. The van der Waals surface area contributed by atoms with E-state index < -0.39 is 0 Å². The number of rotatable bonds is 6. The Balaban J connectivity index is 1.43. The first-order valence-electron chi connectivity index (χ1n) is 9.35. The zero-order valence-electron chi connectivity index (χ0n) is 16.0. The fraction of sp³-hybridized carbons (Fsp3) is 0.0417. The summed E-state index contributed by atoms with van der Waals surface area (Å²) in [5, 5.41) is 16.3. The van der Waals surface area contributed by atoms with Crippen molar-refractivity contribution >= 4 is 11.6 Å². The predicted molar refractivity (Wildman–Crippen MR) is 113 cm³/mol. The van der Waals surface area contributed by atoms with E-state index >= 15 is 0 Å². The van der Waals surface area contributed by atoms with Crippen molar-refractivity contribution in [3.8, 4) is 17.5 Å². The predicted octanol–water partition coefficient (Wildman–Crippen LogP) is 4.58. The lowest BCUT2D eigenvalue weighted by atomic mass is 10.1. The highest BCUT2D eigenvalue weighted by molar-refractivity contribution is 6.04. The van der Waals surface area contributed by atoms with Crippen molar-refractivity contribution < 1.29 is 9.53 Å². The summed E-state index contributed by atoms with van der Waals surface area (Å²) < 4.78 is 7.49. The van der Waals surface area contributed by atoms with Gasteiger partial charge in [0.25, 0.3) is 5.91 Å². The minimum absolute atomic E-state index is 0.249. The van der Waals surface area contributed by atoms with Gasteiger partial charge in [-0.3, -0.25) is 4.79 Å². The number of carbonyl (C=O) groups excluding carboxylic acids is 1. The van der Waals surface area contributed by atoms with Crippen LogP contribution in [0.3, 0.4) is 0 Å². The maximum Gasteiger partial charge on any atom is 0.255 e. The Hall–Kier alpha value is -4.37. The molecule has 6 nitrogen and oxygen atoms in total. The molecule has 146 valence electrons. The van der Waals surface area contributed by atoms with Gasteiger partial charge in [-0.2, -0.15) is 10.4 Å². The third kappa shape index (κ3) is 4.37. The van der Waals surface area contributed by atoms with Gasteiger partial charge in [0.2, 0.25) is 0 Å². The minimum atomic E-state index is -0.259. The molecule has 0 unspecified atom stereocenters. The second-order valence-electron chi connectivity index (χ2n) is 6.55. The summed E-state index contributed by atoms with van der Waals surface area (Å²) in [5.74, 6) is 0.292. The number of hydrogen-bond donors (Lipinski definition) is 1. The average molecular weight is 394 g/mol. The van der Waals surface area contributed by atoms with Crippen LogP contribution in [0.25, 0.3) is 5.69 Å². The van der Waals surface area contributed by atoms with Crippen LogP contribution in [0.2, 0.25) is 0 Å². The molecule has 1 N–H and O–H groups in total. The summed E-state index contributed by atoms with van der Waals surface area (Å²) in [5.41, 5.74) is 3.34. The lowest BCUT2D eigenvalue weighted by Crippen LogP contribution is -2.11. The fourth-order valence-corrected chi connectivity index (χ4v) is 2.96. The molecule has 0 radical (unpaired) electrons. The number of benzene rings is 3. The smallest absolute Gasteiger partial charge is 0.255 e. The van der Waals surface area contributed by atoms with Crippen LogP contribution >= 0.6 is 0 Å². The van der Waals surface area contributed by atoms with Crippen LogP contribution in [-0.2, 0) is 6.61 Å². The monoisotopic (exact) mass is 394 g/mol. The lowest BCUT2D eigenvalue weighted by molar-refractivity contribution is 0.102.